The Morgan fingerprint density at radius 3 is 2.96 bits per heavy atom. The summed E-state index contributed by atoms with van der Waals surface area (Å²) < 4.78 is 0. The summed E-state index contributed by atoms with van der Waals surface area (Å²) in [7, 11) is 0. The molecule has 0 saturated carbocycles. The van der Waals surface area contributed by atoms with Gasteiger partial charge in [0.25, 0.3) is 0 Å². The second-order valence-electron chi connectivity index (χ2n) is 6.95. The van der Waals surface area contributed by atoms with Crippen LogP contribution in [0.4, 0.5) is 5.69 Å². The van der Waals surface area contributed by atoms with Crippen molar-refractivity contribution in [1.29, 1.82) is 0 Å². The smallest absolute Gasteiger partial charge is 0.188 e. The predicted molar refractivity (Wildman–Crippen MR) is 117 cm³/mol. The minimum Gasteiger partial charge on any atom is -0.370 e. The van der Waals surface area contributed by atoms with Crippen LogP contribution in [0.3, 0.4) is 0 Å². The topological polar surface area (TPSA) is 56.9 Å². The first-order valence-electron chi connectivity index (χ1n) is 9.31. The highest BCUT2D eigenvalue weighted by atomic mass is 127. The van der Waals surface area contributed by atoms with Crippen LogP contribution in [0.2, 0.25) is 0 Å². The number of guanidine groups is 1. The lowest BCUT2D eigenvalue weighted by molar-refractivity contribution is 0.267. The van der Waals surface area contributed by atoms with Gasteiger partial charge in [0.05, 0.1) is 6.54 Å². The van der Waals surface area contributed by atoms with Crippen molar-refractivity contribution < 1.29 is 0 Å². The van der Waals surface area contributed by atoms with Crippen LogP contribution in [0.5, 0.6) is 0 Å². The molecule has 0 amide bonds. The number of hydrogen-bond donors (Lipinski definition) is 2. The standard InChI is InChI=1S/C19H31N5.HI/c1-3-23-11-6-8-17(23)14-22-19(20)21-13-15(2)24-12-10-16-7-4-5-9-18(16)24;/h4-5,7,9,15,17H,3,6,8,10-14H2,1-2H3,(H3,20,21,22);1H. The molecule has 25 heavy (non-hydrogen) atoms. The van der Waals surface area contributed by atoms with Gasteiger partial charge in [-0.2, -0.15) is 0 Å². The van der Waals surface area contributed by atoms with E-state index in [0.717, 1.165) is 32.6 Å². The number of likely N-dealkylation sites (tertiary alicyclic amines) is 1. The van der Waals surface area contributed by atoms with Gasteiger partial charge in [-0.3, -0.25) is 9.89 Å². The third-order valence-corrected chi connectivity index (χ3v) is 5.41. The van der Waals surface area contributed by atoms with E-state index in [0.29, 0.717) is 18.0 Å². The molecule has 2 aliphatic heterocycles. The van der Waals surface area contributed by atoms with E-state index in [9.17, 15) is 0 Å². The van der Waals surface area contributed by atoms with Crippen molar-refractivity contribution in [3.8, 4) is 0 Å². The molecule has 0 bridgehead atoms. The van der Waals surface area contributed by atoms with Gasteiger partial charge < -0.3 is 16.0 Å². The van der Waals surface area contributed by atoms with Crippen LogP contribution in [-0.4, -0.2) is 55.7 Å². The first-order chi connectivity index (χ1) is 11.7. The predicted octanol–water partition coefficient (Wildman–Crippen LogP) is 2.44. The molecule has 2 aliphatic rings. The van der Waals surface area contributed by atoms with Gasteiger partial charge in [-0.25, -0.2) is 0 Å². The fraction of sp³-hybridized carbons (Fsp3) is 0.632. The first kappa shape index (κ1) is 20.3. The molecule has 1 aromatic carbocycles. The van der Waals surface area contributed by atoms with E-state index in [1.807, 2.05) is 0 Å². The normalized spacial score (nSPS) is 21.8. The molecule has 0 spiro atoms. The lowest BCUT2D eigenvalue weighted by Crippen LogP contribution is -2.43. The maximum absolute atomic E-state index is 6.08. The average Bonchev–Trinajstić information content (AvgIpc) is 3.24. The molecule has 1 fully saturated rings. The molecule has 1 aromatic rings. The highest BCUT2D eigenvalue weighted by Gasteiger charge is 2.24. The maximum atomic E-state index is 6.08. The van der Waals surface area contributed by atoms with Gasteiger partial charge in [0.15, 0.2) is 5.96 Å². The first-order valence-corrected chi connectivity index (χ1v) is 9.31. The molecule has 3 N–H and O–H groups in total. The molecule has 2 atom stereocenters. The number of nitrogens with zero attached hydrogens (tertiary/aromatic N) is 3. The van der Waals surface area contributed by atoms with Gasteiger partial charge in [0.2, 0.25) is 0 Å². The van der Waals surface area contributed by atoms with E-state index in [1.54, 1.807) is 0 Å². The summed E-state index contributed by atoms with van der Waals surface area (Å²) in [5.41, 5.74) is 8.88. The van der Waals surface area contributed by atoms with Crippen molar-refractivity contribution in [3.63, 3.8) is 0 Å². The van der Waals surface area contributed by atoms with E-state index < -0.39 is 0 Å². The molecular formula is C19H32IN5. The summed E-state index contributed by atoms with van der Waals surface area (Å²) in [6.45, 7) is 9.51. The van der Waals surface area contributed by atoms with Crippen LogP contribution in [0, 0.1) is 0 Å². The lowest BCUT2D eigenvalue weighted by atomic mass is 10.2. The van der Waals surface area contributed by atoms with Crippen LogP contribution in [0.25, 0.3) is 0 Å². The second kappa shape index (κ2) is 9.62. The number of likely N-dealkylation sites (N-methyl/N-ethyl adjacent to an activating group) is 1. The lowest BCUT2D eigenvalue weighted by Gasteiger charge is -2.26. The molecule has 2 unspecified atom stereocenters. The maximum Gasteiger partial charge on any atom is 0.188 e. The SMILES string of the molecule is CCN1CCCC1CNC(N)=NCC(C)N1CCc2ccccc21.I. The molecule has 140 valence electrons. The highest BCUT2D eigenvalue weighted by Crippen LogP contribution is 2.29. The molecule has 1 saturated heterocycles. The summed E-state index contributed by atoms with van der Waals surface area (Å²) in [5, 5.41) is 3.32. The average molecular weight is 457 g/mol. The van der Waals surface area contributed by atoms with Gasteiger partial charge in [-0.05, 0) is 50.9 Å². The number of para-hydroxylation sites is 1. The molecule has 2 heterocycles. The van der Waals surface area contributed by atoms with Crippen LogP contribution >= 0.6 is 24.0 Å². The van der Waals surface area contributed by atoms with Crippen LogP contribution in [0.15, 0.2) is 29.3 Å². The molecule has 5 nitrogen and oxygen atoms in total. The van der Waals surface area contributed by atoms with Crippen molar-refractivity contribution in [2.75, 3.05) is 37.6 Å². The van der Waals surface area contributed by atoms with E-state index >= 15 is 0 Å². The van der Waals surface area contributed by atoms with Gasteiger partial charge >= 0.3 is 0 Å². The van der Waals surface area contributed by atoms with Gasteiger partial charge in [-0.1, -0.05) is 25.1 Å². The summed E-state index contributed by atoms with van der Waals surface area (Å²) in [4.78, 5) is 9.54. The number of nitrogens with two attached hydrogens (primary N) is 1. The van der Waals surface area contributed by atoms with E-state index in [4.69, 9.17) is 5.73 Å². The summed E-state index contributed by atoms with van der Waals surface area (Å²) in [6.07, 6.45) is 3.68. The summed E-state index contributed by atoms with van der Waals surface area (Å²) in [5.74, 6) is 0.581. The third kappa shape index (κ3) is 5.00. The molecule has 0 radical (unpaired) electrons. The second-order valence-corrected chi connectivity index (χ2v) is 6.95. The fourth-order valence-corrected chi connectivity index (χ4v) is 3.97. The van der Waals surface area contributed by atoms with Crippen molar-refractivity contribution in [1.82, 2.24) is 10.2 Å². The Bertz CT molecular complexity index is 577. The Morgan fingerprint density at radius 2 is 2.16 bits per heavy atom. The van der Waals surface area contributed by atoms with Crippen LogP contribution in [0.1, 0.15) is 32.3 Å². The van der Waals surface area contributed by atoms with Crippen molar-refractivity contribution in [2.45, 2.75) is 45.2 Å². The van der Waals surface area contributed by atoms with E-state index in [2.05, 4.69) is 58.2 Å². The molecule has 0 aromatic heterocycles. The Balaban J connectivity index is 0.00000225. The Morgan fingerprint density at radius 1 is 1.36 bits per heavy atom. The Hall–Kier alpha value is -1.02. The van der Waals surface area contributed by atoms with Crippen LogP contribution < -0.4 is 16.0 Å². The number of halogens is 1. The fourth-order valence-electron chi connectivity index (χ4n) is 3.97. The highest BCUT2D eigenvalue weighted by molar-refractivity contribution is 14.0. The Labute approximate surface area is 169 Å². The van der Waals surface area contributed by atoms with Crippen molar-refractivity contribution >= 4 is 35.6 Å². The van der Waals surface area contributed by atoms with Crippen molar-refractivity contribution in [3.05, 3.63) is 29.8 Å². The zero-order chi connectivity index (χ0) is 16.9. The van der Waals surface area contributed by atoms with Crippen molar-refractivity contribution in [2.24, 2.45) is 10.7 Å². The molecule has 3 rings (SSSR count). The number of hydrogen-bond acceptors (Lipinski definition) is 3. The quantitative estimate of drug-likeness (QED) is 0.392. The monoisotopic (exact) mass is 457 g/mol. The zero-order valence-corrected chi connectivity index (χ0v) is 17.8. The van der Waals surface area contributed by atoms with E-state index in [-0.39, 0.29) is 24.0 Å². The summed E-state index contributed by atoms with van der Waals surface area (Å²) in [6, 6.07) is 9.64. The largest absolute Gasteiger partial charge is 0.370 e. The summed E-state index contributed by atoms with van der Waals surface area (Å²) >= 11 is 0. The number of aliphatic imine (C=N–C) groups is 1. The number of fused-ring (bicyclic) bond motifs is 1. The number of nitrogens with one attached hydrogen (secondary N) is 1. The Kier molecular flexibility index (Phi) is 7.81. The van der Waals surface area contributed by atoms with Gasteiger partial charge in [0, 0.05) is 30.9 Å². The van der Waals surface area contributed by atoms with Gasteiger partial charge in [-0.15, -0.1) is 24.0 Å². The minimum atomic E-state index is 0. The molecule has 0 aliphatic carbocycles. The number of anilines is 1. The van der Waals surface area contributed by atoms with Crippen LogP contribution in [-0.2, 0) is 6.42 Å². The number of benzene rings is 1. The number of rotatable bonds is 6. The third-order valence-electron chi connectivity index (χ3n) is 5.41. The molecule has 6 heteroatoms. The van der Waals surface area contributed by atoms with Gasteiger partial charge in [0.1, 0.15) is 0 Å². The van der Waals surface area contributed by atoms with E-state index in [1.165, 1.54) is 30.6 Å². The minimum absolute atomic E-state index is 0. The zero-order valence-electron chi connectivity index (χ0n) is 15.4. The molecular weight excluding hydrogens is 425 g/mol.